The third kappa shape index (κ3) is 3.97. The SMILES string of the molecule is O=C(Nc1cn([C@H]2C[C@@H](N3CCOCC3)C2)nc1-c1cnccn1)c1coc(-c2cn[nH]c2)n1. The fourth-order valence-electron chi connectivity index (χ4n) is 4.36. The van der Waals surface area contributed by atoms with Gasteiger partial charge in [0, 0.05) is 43.9 Å². The number of nitrogens with zero attached hydrogens (tertiary/aromatic N) is 7. The molecule has 2 aliphatic rings. The Kier molecular flexibility index (Phi) is 5.35. The van der Waals surface area contributed by atoms with E-state index in [2.05, 4.69) is 35.4 Å². The fraction of sp³-hybridized carbons (Fsp3) is 0.364. The summed E-state index contributed by atoms with van der Waals surface area (Å²) < 4.78 is 12.8. The van der Waals surface area contributed by atoms with Gasteiger partial charge in [-0.2, -0.15) is 10.2 Å². The minimum atomic E-state index is -0.400. The van der Waals surface area contributed by atoms with Crippen LogP contribution < -0.4 is 5.32 Å². The first-order chi connectivity index (χ1) is 16.7. The summed E-state index contributed by atoms with van der Waals surface area (Å²) >= 11 is 0. The van der Waals surface area contributed by atoms with Crippen LogP contribution in [-0.2, 0) is 4.74 Å². The van der Waals surface area contributed by atoms with Gasteiger partial charge in [0.2, 0.25) is 5.89 Å². The van der Waals surface area contributed by atoms with Crippen molar-refractivity contribution < 1.29 is 13.9 Å². The minimum absolute atomic E-state index is 0.157. The van der Waals surface area contributed by atoms with Crippen molar-refractivity contribution in [1.29, 1.82) is 0 Å². The second-order valence-electron chi connectivity index (χ2n) is 8.37. The Labute approximate surface area is 194 Å². The largest absolute Gasteiger partial charge is 0.444 e. The van der Waals surface area contributed by atoms with Crippen molar-refractivity contribution in [3.05, 3.63) is 49.1 Å². The van der Waals surface area contributed by atoms with E-state index < -0.39 is 5.91 Å². The third-order valence-corrected chi connectivity index (χ3v) is 6.29. The lowest BCUT2D eigenvalue weighted by Crippen LogP contribution is -2.50. The van der Waals surface area contributed by atoms with E-state index >= 15 is 0 Å². The number of carbonyl (C=O) groups excluding carboxylic acids is 1. The van der Waals surface area contributed by atoms with Gasteiger partial charge in [0.05, 0.1) is 42.9 Å². The summed E-state index contributed by atoms with van der Waals surface area (Å²) in [6.07, 6.45) is 13.3. The number of amides is 1. The van der Waals surface area contributed by atoms with Gasteiger partial charge in [-0.05, 0) is 12.8 Å². The highest BCUT2D eigenvalue weighted by molar-refractivity contribution is 6.04. The lowest BCUT2D eigenvalue weighted by Gasteiger charge is -2.44. The molecule has 34 heavy (non-hydrogen) atoms. The first-order valence-electron chi connectivity index (χ1n) is 11.2. The van der Waals surface area contributed by atoms with Crippen molar-refractivity contribution in [1.82, 2.24) is 39.8 Å². The number of ether oxygens (including phenoxy) is 1. The molecule has 1 amide bonds. The Morgan fingerprint density at radius 2 is 2.03 bits per heavy atom. The molecule has 12 nitrogen and oxygen atoms in total. The number of carbonyl (C=O) groups is 1. The third-order valence-electron chi connectivity index (χ3n) is 6.29. The summed E-state index contributed by atoms with van der Waals surface area (Å²) in [7, 11) is 0. The van der Waals surface area contributed by atoms with Gasteiger partial charge in [-0.1, -0.05) is 0 Å². The zero-order valence-electron chi connectivity index (χ0n) is 18.3. The maximum atomic E-state index is 13.0. The Morgan fingerprint density at radius 1 is 1.15 bits per heavy atom. The van der Waals surface area contributed by atoms with Crippen molar-refractivity contribution in [2.45, 2.75) is 24.9 Å². The summed E-state index contributed by atoms with van der Waals surface area (Å²) in [6.45, 7) is 3.53. The molecule has 12 heteroatoms. The van der Waals surface area contributed by atoms with Crippen LogP contribution in [-0.4, -0.2) is 78.1 Å². The Bertz CT molecular complexity index is 1260. The van der Waals surface area contributed by atoms with Crippen molar-refractivity contribution in [2.24, 2.45) is 0 Å². The molecule has 0 radical (unpaired) electrons. The molecule has 1 aliphatic carbocycles. The Balaban J connectivity index is 1.22. The number of nitrogens with one attached hydrogen (secondary N) is 2. The van der Waals surface area contributed by atoms with E-state index in [1.165, 1.54) is 6.26 Å². The van der Waals surface area contributed by atoms with Gasteiger partial charge < -0.3 is 14.5 Å². The molecule has 1 saturated carbocycles. The predicted octanol–water partition coefficient (Wildman–Crippen LogP) is 2.01. The number of rotatable bonds is 6. The molecular formula is C22H23N9O3. The molecule has 0 atom stereocenters. The van der Waals surface area contributed by atoms with E-state index in [0.29, 0.717) is 34.6 Å². The molecule has 1 saturated heterocycles. The highest BCUT2D eigenvalue weighted by atomic mass is 16.5. The first kappa shape index (κ1) is 20.7. The van der Waals surface area contributed by atoms with Gasteiger partial charge in [0.15, 0.2) is 5.69 Å². The smallest absolute Gasteiger partial charge is 0.277 e. The molecule has 2 fully saturated rings. The average Bonchev–Trinajstić information content (AvgIpc) is 3.60. The summed E-state index contributed by atoms with van der Waals surface area (Å²) in [4.78, 5) is 28.2. The molecule has 6 rings (SSSR count). The second kappa shape index (κ2) is 8.80. The van der Waals surface area contributed by atoms with Crippen LogP contribution in [0.15, 0.2) is 47.9 Å². The molecule has 0 aromatic carbocycles. The van der Waals surface area contributed by atoms with Crippen molar-refractivity contribution in [2.75, 3.05) is 31.6 Å². The van der Waals surface area contributed by atoms with Crippen LogP contribution in [0.1, 0.15) is 29.4 Å². The number of H-pyrrole nitrogens is 1. The van der Waals surface area contributed by atoms with Crippen LogP contribution in [0.3, 0.4) is 0 Å². The summed E-state index contributed by atoms with van der Waals surface area (Å²) in [5, 5.41) is 14.3. The first-order valence-corrected chi connectivity index (χ1v) is 11.2. The number of aromatic amines is 1. The minimum Gasteiger partial charge on any atom is -0.444 e. The van der Waals surface area contributed by atoms with Crippen LogP contribution in [0.25, 0.3) is 22.8 Å². The van der Waals surface area contributed by atoms with E-state index in [-0.39, 0.29) is 11.7 Å². The van der Waals surface area contributed by atoms with Crippen molar-refractivity contribution >= 4 is 11.6 Å². The fourth-order valence-corrected chi connectivity index (χ4v) is 4.36. The predicted molar refractivity (Wildman–Crippen MR) is 120 cm³/mol. The second-order valence-corrected chi connectivity index (χ2v) is 8.37. The quantitative estimate of drug-likeness (QED) is 0.441. The van der Waals surface area contributed by atoms with E-state index in [1.54, 1.807) is 31.0 Å². The molecule has 2 N–H and O–H groups in total. The normalized spacial score (nSPS) is 20.7. The van der Waals surface area contributed by atoms with Crippen LogP contribution in [0.2, 0.25) is 0 Å². The molecule has 4 aromatic heterocycles. The maximum Gasteiger partial charge on any atom is 0.277 e. The van der Waals surface area contributed by atoms with Crippen LogP contribution in [0.4, 0.5) is 5.69 Å². The van der Waals surface area contributed by atoms with Gasteiger partial charge >= 0.3 is 0 Å². The number of oxazole rings is 1. The van der Waals surface area contributed by atoms with Crippen LogP contribution >= 0.6 is 0 Å². The van der Waals surface area contributed by atoms with Crippen LogP contribution in [0, 0.1) is 0 Å². The molecule has 0 unspecified atom stereocenters. The van der Waals surface area contributed by atoms with Gasteiger partial charge in [-0.3, -0.25) is 29.4 Å². The van der Waals surface area contributed by atoms with E-state index in [4.69, 9.17) is 14.3 Å². The van der Waals surface area contributed by atoms with Crippen molar-refractivity contribution in [3.8, 4) is 22.8 Å². The van der Waals surface area contributed by atoms with E-state index in [9.17, 15) is 4.79 Å². The molecular weight excluding hydrogens is 438 g/mol. The van der Waals surface area contributed by atoms with Crippen LogP contribution in [0.5, 0.6) is 0 Å². The zero-order valence-corrected chi connectivity index (χ0v) is 18.3. The van der Waals surface area contributed by atoms with E-state index in [1.807, 2.05) is 10.9 Å². The van der Waals surface area contributed by atoms with Gasteiger partial charge in [-0.25, -0.2) is 4.98 Å². The average molecular weight is 461 g/mol. The number of hydrogen-bond donors (Lipinski definition) is 2. The monoisotopic (exact) mass is 461 g/mol. The molecule has 1 aliphatic heterocycles. The lowest BCUT2D eigenvalue weighted by atomic mass is 9.85. The Hall–Kier alpha value is -3.90. The molecule has 174 valence electrons. The topological polar surface area (TPSA) is 140 Å². The standard InChI is InChI=1S/C22H23N9O3/c32-21(19-13-34-22(28-19)14-9-25-26-10-14)27-18-12-31(29-20(18)17-11-23-1-2-24-17)16-7-15(8-16)30-3-5-33-6-4-30/h1-2,9-13,15-16H,3-8H2,(H,25,26)(H,27,32)/t15-,16+. The van der Waals surface area contributed by atoms with Gasteiger partial charge in [-0.15, -0.1) is 0 Å². The number of hydrogen-bond acceptors (Lipinski definition) is 9. The maximum absolute atomic E-state index is 13.0. The highest BCUT2D eigenvalue weighted by Crippen LogP contribution is 2.38. The summed E-state index contributed by atoms with van der Waals surface area (Å²) in [5.41, 5.74) is 2.51. The molecule has 5 heterocycles. The number of aromatic nitrogens is 7. The molecule has 0 spiro atoms. The number of morpholine rings is 1. The molecule has 4 aromatic rings. The van der Waals surface area contributed by atoms with Gasteiger partial charge in [0.1, 0.15) is 17.7 Å². The summed E-state index contributed by atoms with van der Waals surface area (Å²) in [5.74, 6) is -0.0876. The van der Waals surface area contributed by atoms with E-state index in [0.717, 1.165) is 39.1 Å². The van der Waals surface area contributed by atoms with Gasteiger partial charge in [0.25, 0.3) is 5.91 Å². The zero-order chi connectivity index (χ0) is 22.9. The Morgan fingerprint density at radius 3 is 2.79 bits per heavy atom. The lowest BCUT2D eigenvalue weighted by molar-refractivity contribution is -0.0162. The molecule has 0 bridgehead atoms. The van der Waals surface area contributed by atoms with Crippen molar-refractivity contribution in [3.63, 3.8) is 0 Å². The highest BCUT2D eigenvalue weighted by Gasteiger charge is 2.36. The summed E-state index contributed by atoms with van der Waals surface area (Å²) in [6, 6.07) is 0.793. The number of anilines is 1.